The minimum atomic E-state index is -0.678. The van der Waals surface area contributed by atoms with Gasteiger partial charge >= 0.3 is 11.9 Å². The van der Waals surface area contributed by atoms with Crippen LogP contribution in [-0.2, 0) is 28.5 Å². The lowest BCUT2D eigenvalue weighted by Gasteiger charge is -2.37. The summed E-state index contributed by atoms with van der Waals surface area (Å²) in [4.78, 5) is 28.0. The number of hydrogen-bond donors (Lipinski definition) is 1. The molecule has 0 amide bonds. The van der Waals surface area contributed by atoms with Crippen LogP contribution in [0, 0.1) is 5.92 Å². The van der Waals surface area contributed by atoms with Gasteiger partial charge in [-0.25, -0.2) is 0 Å². The number of hydrogen-bond acceptors (Lipinski definition) is 8. The quantitative estimate of drug-likeness (QED) is 0.0967. The lowest BCUT2D eigenvalue weighted by molar-refractivity contribution is -0.244. The van der Waals surface area contributed by atoms with Gasteiger partial charge < -0.3 is 24.1 Å². The van der Waals surface area contributed by atoms with E-state index in [1.54, 1.807) is 25.3 Å². The first kappa shape index (κ1) is 34.6. The molecule has 0 radical (unpaired) electrons. The summed E-state index contributed by atoms with van der Waals surface area (Å²) >= 11 is 0. The first-order valence-electron chi connectivity index (χ1n) is 16.2. The molecule has 0 aliphatic carbocycles. The Labute approximate surface area is 272 Å². The summed E-state index contributed by atoms with van der Waals surface area (Å²) in [5.74, 6) is -0.238. The summed E-state index contributed by atoms with van der Waals surface area (Å²) in [6, 6.07) is 19.4. The Morgan fingerprint density at radius 1 is 0.891 bits per heavy atom. The van der Waals surface area contributed by atoms with Crippen molar-refractivity contribution in [2.24, 2.45) is 5.92 Å². The van der Waals surface area contributed by atoms with E-state index in [2.05, 4.69) is 23.2 Å². The zero-order valence-electron chi connectivity index (χ0n) is 26.8. The number of phenolic OH excluding ortho intramolecular Hbond substituents is 1. The first-order chi connectivity index (χ1) is 22.5. The van der Waals surface area contributed by atoms with Gasteiger partial charge in [0.25, 0.3) is 0 Å². The van der Waals surface area contributed by atoms with Crippen molar-refractivity contribution in [2.75, 3.05) is 19.8 Å². The number of unbranched alkanes of at least 4 members (excludes halogenated alkanes) is 2. The number of aromatic hydroxyl groups is 1. The van der Waals surface area contributed by atoms with Gasteiger partial charge in [-0.15, -0.1) is 0 Å². The van der Waals surface area contributed by atoms with Crippen molar-refractivity contribution in [3.8, 4) is 5.75 Å². The van der Waals surface area contributed by atoms with Crippen molar-refractivity contribution in [3.63, 3.8) is 0 Å². The lowest BCUT2D eigenvalue weighted by atomic mass is 9.91. The number of para-hydroxylation sites is 1. The molecule has 1 saturated heterocycles. The number of phenols is 1. The summed E-state index contributed by atoms with van der Waals surface area (Å²) < 4.78 is 22.9. The fourth-order valence-electron chi connectivity index (χ4n) is 5.47. The largest absolute Gasteiger partial charge is 0.508 e. The molecule has 244 valence electrons. The summed E-state index contributed by atoms with van der Waals surface area (Å²) in [7, 11) is 0. The molecule has 0 bridgehead atoms. The Morgan fingerprint density at radius 2 is 1.63 bits per heavy atom. The number of esters is 2. The van der Waals surface area contributed by atoms with Gasteiger partial charge in [-0.3, -0.25) is 14.6 Å². The molecule has 46 heavy (non-hydrogen) atoms. The highest BCUT2D eigenvalue weighted by Gasteiger charge is 2.35. The Balaban J connectivity index is 1.50. The highest BCUT2D eigenvalue weighted by molar-refractivity contribution is 5.79. The fourth-order valence-corrected chi connectivity index (χ4v) is 5.47. The maximum absolute atomic E-state index is 11.7. The summed E-state index contributed by atoms with van der Waals surface area (Å²) in [6.45, 7) is 4.81. The van der Waals surface area contributed by atoms with Crippen LogP contribution in [-0.4, -0.2) is 41.8 Å². The lowest BCUT2D eigenvalue weighted by Crippen LogP contribution is -2.30. The predicted octanol–water partition coefficient (Wildman–Crippen LogP) is 8.03. The zero-order valence-corrected chi connectivity index (χ0v) is 26.8. The van der Waals surface area contributed by atoms with Crippen molar-refractivity contribution in [1.29, 1.82) is 0 Å². The maximum Gasteiger partial charge on any atom is 0.306 e. The number of allylic oxidation sites excluding steroid dienone is 3. The predicted molar refractivity (Wildman–Crippen MR) is 177 cm³/mol. The number of nitrogens with zero attached hydrogens (tertiary/aromatic N) is 1. The molecular weight excluding hydrogens is 582 g/mol. The molecule has 0 spiro atoms. The standard InChI is InChI=1S/C38H45NO7/c1-3-43-35(41)22-12-6-10-18-29-27-45-38(46-37(29)33-20-14-15-21-34(33)40)31-24-30(25-39-26-31)32(28-16-8-5-9-17-28)19-11-7-13-23-36(42)44-4-2/h5-6,8-10,14-17,19-21,24-26,29,37-38,40H,3-4,7,11-13,18,22-23,27H2,1-2H3/b10-6-,32-19+/t29-,37+,38+/m1/s1. The normalized spacial score (nSPS) is 18.4. The van der Waals surface area contributed by atoms with Crippen LogP contribution >= 0.6 is 0 Å². The molecule has 0 unspecified atom stereocenters. The van der Waals surface area contributed by atoms with Crippen molar-refractivity contribution in [2.45, 2.75) is 71.2 Å². The second kappa shape index (κ2) is 18.6. The van der Waals surface area contributed by atoms with Gasteiger partial charge in [-0.1, -0.05) is 66.8 Å². The SMILES string of the molecule is CCOC(=O)CC/C=C\C[C@@H]1CO[C@H](c2cncc(/C(=C/CCCCC(=O)OCC)c3ccccc3)c2)O[C@@H]1c1ccccc1O. The summed E-state index contributed by atoms with van der Waals surface area (Å²) in [6.07, 6.45) is 13.1. The van der Waals surface area contributed by atoms with E-state index < -0.39 is 12.4 Å². The van der Waals surface area contributed by atoms with Gasteiger partial charge in [0.05, 0.1) is 25.9 Å². The topological polar surface area (TPSA) is 104 Å². The number of pyridine rings is 1. The maximum atomic E-state index is 11.7. The zero-order chi connectivity index (χ0) is 32.6. The van der Waals surface area contributed by atoms with Gasteiger partial charge in [0.2, 0.25) is 0 Å². The minimum Gasteiger partial charge on any atom is -0.508 e. The van der Waals surface area contributed by atoms with Crippen LogP contribution in [0.4, 0.5) is 0 Å². The van der Waals surface area contributed by atoms with Gasteiger partial charge in [-0.2, -0.15) is 0 Å². The molecule has 1 N–H and O–H groups in total. The Bertz CT molecular complexity index is 1450. The average molecular weight is 628 g/mol. The number of ether oxygens (including phenoxy) is 4. The van der Waals surface area contributed by atoms with Crippen molar-refractivity contribution in [1.82, 2.24) is 4.98 Å². The van der Waals surface area contributed by atoms with E-state index in [-0.39, 0.29) is 23.6 Å². The molecule has 2 heterocycles. The van der Waals surface area contributed by atoms with Crippen LogP contribution in [0.2, 0.25) is 0 Å². The monoisotopic (exact) mass is 627 g/mol. The van der Waals surface area contributed by atoms with Gasteiger partial charge in [0.1, 0.15) is 5.75 Å². The number of carbonyl (C=O) groups excluding carboxylic acids is 2. The third kappa shape index (κ3) is 10.4. The van der Waals surface area contributed by atoms with Crippen LogP contribution in [0.5, 0.6) is 5.75 Å². The summed E-state index contributed by atoms with van der Waals surface area (Å²) in [5.41, 5.74) is 4.54. The van der Waals surface area contributed by atoms with Crippen molar-refractivity contribution >= 4 is 17.5 Å². The van der Waals surface area contributed by atoms with E-state index in [4.69, 9.17) is 18.9 Å². The third-order valence-corrected chi connectivity index (χ3v) is 7.75. The highest BCUT2D eigenvalue weighted by atomic mass is 16.7. The van der Waals surface area contributed by atoms with Crippen LogP contribution < -0.4 is 0 Å². The van der Waals surface area contributed by atoms with Crippen molar-refractivity contribution in [3.05, 3.63) is 114 Å². The van der Waals surface area contributed by atoms with E-state index in [1.807, 2.05) is 61.7 Å². The average Bonchev–Trinajstić information content (AvgIpc) is 3.07. The molecule has 2 aromatic carbocycles. The van der Waals surface area contributed by atoms with Gasteiger partial charge in [0.15, 0.2) is 6.29 Å². The second-order valence-electron chi connectivity index (χ2n) is 11.1. The summed E-state index contributed by atoms with van der Waals surface area (Å²) in [5, 5.41) is 10.7. The Morgan fingerprint density at radius 3 is 2.39 bits per heavy atom. The molecule has 3 aromatic rings. The fraction of sp³-hybridized carbons (Fsp3) is 0.395. The Kier molecular flexibility index (Phi) is 14.0. The molecule has 3 atom stereocenters. The molecule has 1 fully saturated rings. The number of aromatic nitrogens is 1. The highest BCUT2D eigenvalue weighted by Crippen LogP contribution is 2.43. The van der Waals surface area contributed by atoms with Crippen LogP contribution in [0.25, 0.3) is 5.57 Å². The van der Waals surface area contributed by atoms with E-state index in [0.29, 0.717) is 51.1 Å². The molecule has 1 aromatic heterocycles. The smallest absolute Gasteiger partial charge is 0.306 e. The van der Waals surface area contributed by atoms with Crippen LogP contribution in [0.15, 0.2) is 91.3 Å². The molecule has 1 aliphatic rings. The molecule has 0 saturated carbocycles. The molecule has 4 rings (SSSR count). The molecule has 1 aliphatic heterocycles. The second-order valence-corrected chi connectivity index (χ2v) is 11.1. The van der Waals surface area contributed by atoms with Crippen LogP contribution in [0.3, 0.4) is 0 Å². The van der Waals surface area contributed by atoms with Gasteiger partial charge in [0, 0.05) is 47.8 Å². The van der Waals surface area contributed by atoms with E-state index in [9.17, 15) is 14.7 Å². The number of rotatable bonds is 16. The minimum absolute atomic E-state index is 0.0473. The van der Waals surface area contributed by atoms with Crippen molar-refractivity contribution < 1.29 is 33.6 Å². The van der Waals surface area contributed by atoms with Crippen LogP contribution in [0.1, 0.15) is 93.4 Å². The molecule has 8 heteroatoms. The third-order valence-electron chi connectivity index (χ3n) is 7.75. The number of carbonyl (C=O) groups is 2. The molecule has 8 nitrogen and oxygen atoms in total. The van der Waals surface area contributed by atoms with Gasteiger partial charge in [-0.05, 0) is 69.2 Å². The number of benzene rings is 2. The Hall–Kier alpha value is -4.27. The first-order valence-corrected chi connectivity index (χ1v) is 16.2. The molecular formula is C38H45NO7. The van der Waals surface area contributed by atoms with E-state index >= 15 is 0 Å². The van der Waals surface area contributed by atoms with E-state index in [1.165, 1.54) is 0 Å². The van der Waals surface area contributed by atoms with E-state index in [0.717, 1.165) is 41.5 Å².